The molecule has 4 aromatic rings. The van der Waals surface area contributed by atoms with E-state index in [0.29, 0.717) is 27.5 Å². The summed E-state index contributed by atoms with van der Waals surface area (Å²) in [6, 6.07) is 8.14. The van der Waals surface area contributed by atoms with E-state index in [-0.39, 0.29) is 23.0 Å². The van der Waals surface area contributed by atoms with Crippen LogP contribution >= 0.6 is 11.6 Å². The lowest BCUT2D eigenvalue weighted by molar-refractivity contribution is 0.0959. The van der Waals surface area contributed by atoms with Gasteiger partial charge >= 0.3 is 0 Å². The molecule has 0 aliphatic heterocycles. The molecule has 5 rings (SSSR count). The van der Waals surface area contributed by atoms with E-state index in [2.05, 4.69) is 38.5 Å². The summed E-state index contributed by atoms with van der Waals surface area (Å²) in [6.45, 7) is 2.09. The van der Waals surface area contributed by atoms with E-state index in [1.54, 1.807) is 6.07 Å². The number of nitrogens with one attached hydrogen (secondary N) is 2. The summed E-state index contributed by atoms with van der Waals surface area (Å²) in [5.74, 6) is -0.0589. The molecule has 0 bridgehead atoms. The molecular formula is C21H22ClN7O2. The molecule has 0 radical (unpaired) electrons. The van der Waals surface area contributed by atoms with Gasteiger partial charge in [0, 0.05) is 18.8 Å². The molecule has 3 heterocycles. The van der Waals surface area contributed by atoms with Gasteiger partial charge in [0.25, 0.3) is 11.5 Å². The maximum Gasteiger partial charge on any atom is 0.269 e. The maximum absolute atomic E-state index is 12.5. The zero-order valence-corrected chi connectivity index (χ0v) is 17.9. The highest BCUT2D eigenvalue weighted by atomic mass is 35.5. The Bertz CT molecular complexity index is 1340. The van der Waals surface area contributed by atoms with Crippen molar-refractivity contribution >= 4 is 45.1 Å². The number of rotatable bonds is 3. The highest BCUT2D eigenvalue weighted by Gasteiger charge is 2.27. The molecule has 0 spiro atoms. The molecule has 1 aliphatic carbocycles. The third-order valence-electron chi connectivity index (χ3n) is 5.22. The minimum absolute atomic E-state index is 0.0763. The van der Waals surface area contributed by atoms with E-state index in [0.717, 1.165) is 30.3 Å². The summed E-state index contributed by atoms with van der Waals surface area (Å²) in [5, 5.41) is 11.5. The number of benzene rings is 1. The fourth-order valence-electron chi connectivity index (χ4n) is 3.56. The number of amides is 1. The van der Waals surface area contributed by atoms with Crippen LogP contribution in [0.5, 0.6) is 0 Å². The summed E-state index contributed by atoms with van der Waals surface area (Å²) in [6.07, 6.45) is 4.41. The van der Waals surface area contributed by atoms with Crippen molar-refractivity contribution in [3.05, 3.63) is 57.4 Å². The van der Waals surface area contributed by atoms with Crippen LogP contribution in [-0.2, 0) is 6.42 Å². The summed E-state index contributed by atoms with van der Waals surface area (Å²) >= 11 is 6.14. The Hall–Kier alpha value is -3.46. The second-order valence-corrected chi connectivity index (χ2v) is 7.64. The Morgan fingerprint density at radius 3 is 2.77 bits per heavy atom. The van der Waals surface area contributed by atoms with Crippen LogP contribution in [0.15, 0.2) is 35.4 Å². The molecule has 1 fully saturated rings. The number of aryl methyl sites for hydroxylation is 1. The quantitative estimate of drug-likeness (QED) is 0.449. The summed E-state index contributed by atoms with van der Waals surface area (Å²) in [7, 11) is 1.52. The molecule has 31 heavy (non-hydrogen) atoms. The molecule has 3 aromatic heterocycles. The molecule has 160 valence electrons. The lowest BCUT2D eigenvalue weighted by Crippen LogP contribution is -2.22. The largest absolute Gasteiger partial charge is 0.383 e. The number of fused-ring (bicyclic) bond motifs is 2. The minimum Gasteiger partial charge on any atom is -0.383 e. The van der Waals surface area contributed by atoms with E-state index >= 15 is 0 Å². The smallest absolute Gasteiger partial charge is 0.269 e. The maximum atomic E-state index is 12.5. The first-order chi connectivity index (χ1) is 15.0. The predicted octanol–water partition coefficient (Wildman–Crippen LogP) is 2.85. The summed E-state index contributed by atoms with van der Waals surface area (Å²) in [4.78, 5) is 31.5. The number of nitrogens with two attached hydrogens (primary N) is 1. The molecule has 0 saturated heterocycles. The third-order valence-corrected chi connectivity index (χ3v) is 5.53. The van der Waals surface area contributed by atoms with Gasteiger partial charge in [-0.3, -0.25) is 14.7 Å². The Labute approximate surface area is 182 Å². The van der Waals surface area contributed by atoms with Crippen LogP contribution < -0.4 is 16.6 Å². The number of carbonyl (C=O) groups excluding carboxylic acids is 1. The number of hydrogen-bond acceptors (Lipinski definition) is 6. The number of aromatic nitrogens is 5. The molecule has 0 atom stereocenters. The molecule has 1 aromatic carbocycles. The van der Waals surface area contributed by atoms with Crippen molar-refractivity contribution in [2.75, 3.05) is 12.8 Å². The van der Waals surface area contributed by atoms with Gasteiger partial charge in [-0.1, -0.05) is 30.7 Å². The van der Waals surface area contributed by atoms with Gasteiger partial charge in [0.2, 0.25) is 0 Å². The second-order valence-electron chi connectivity index (χ2n) is 7.23. The van der Waals surface area contributed by atoms with Crippen LogP contribution in [0.3, 0.4) is 0 Å². The standard InChI is InChI=1S/C14H14ClNO.C7H8N6O/c1-2-10-8-9-4-3-5-12(15)13(9)14(17)16(10)11-6-7-11;1-9-7(14)4-3-5(8)10-2-11-6(3)13-12-4/h3-5,8,11H,2,6-7H2,1H3;2H,1H3,(H,9,14)(H3,8,10,11,12,13). The van der Waals surface area contributed by atoms with Crippen LogP contribution in [0.2, 0.25) is 5.02 Å². The number of pyridine rings is 1. The van der Waals surface area contributed by atoms with Crippen molar-refractivity contribution in [3.8, 4) is 0 Å². The number of nitrogen functional groups attached to an aromatic ring is 1. The van der Waals surface area contributed by atoms with Crippen molar-refractivity contribution in [1.29, 1.82) is 0 Å². The molecule has 0 unspecified atom stereocenters. The Balaban J connectivity index is 0.000000152. The fraction of sp³-hybridized carbons (Fsp3) is 0.286. The Morgan fingerprint density at radius 1 is 1.32 bits per heavy atom. The number of aromatic amines is 1. The predicted molar refractivity (Wildman–Crippen MR) is 120 cm³/mol. The van der Waals surface area contributed by atoms with Gasteiger partial charge in [0.1, 0.15) is 17.8 Å². The molecule has 1 amide bonds. The first-order valence-corrected chi connectivity index (χ1v) is 10.3. The average molecular weight is 440 g/mol. The van der Waals surface area contributed by atoms with E-state index in [1.165, 1.54) is 13.4 Å². The van der Waals surface area contributed by atoms with Crippen LogP contribution in [0.4, 0.5) is 5.82 Å². The van der Waals surface area contributed by atoms with E-state index in [4.69, 9.17) is 17.3 Å². The first kappa shape index (κ1) is 20.8. The van der Waals surface area contributed by atoms with Crippen molar-refractivity contribution in [1.82, 2.24) is 30.0 Å². The van der Waals surface area contributed by atoms with Gasteiger partial charge in [-0.05, 0) is 36.8 Å². The normalized spacial score (nSPS) is 13.1. The lowest BCUT2D eigenvalue weighted by Gasteiger charge is -2.12. The molecule has 4 N–H and O–H groups in total. The number of hydrogen-bond donors (Lipinski definition) is 3. The Kier molecular flexibility index (Phi) is 5.60. The van der Waals surface area contributed by atoms with Gasteiger partial charge in [0.15, 0.2) is 5.65 Å². The van der Waals surface area contributed by atoms with Gasteiger partial charge in [-0.2, -0.15) is 5.10 Å². The van der Waals surface area contributed by atoms with Crippen molar-refractivity contribution in [2.45, 2.75) is 32.2 Å². The van der Waals surface area contributed by atoms with Crippen molar-refractivity contribution in [2.24, 2.45) is 0 Å². The summed E-state index contributed by atoms with van der Waals surface area (Å²) < 4.78 is 1.94. The fourth-order valence-corrected chi connectivity index (χ4v) is 3.82. The van der Waals surface area contributed by atoms with Crippen LogP contribution in [0, 0.1) is 0 Å². The molecule has 9 nitrogen and oxygen atoms in total. The molecule has 10 heteroatoms. The third kappa shape index (κ3) is 3.84. The van der Waals surface area contributed by atoms with Gasteiger partial charge < -0.3 is 15.6 Å². The van der Waals surface area contributed by atoms with Gasteiger partial charge in [-0.15, -0.1) is 0 Å². The van der Waals surface area contributed by atoms with E-state index in [1.807, 2.05) is 16.7 Å². The lowest BCUT2D eigenvalue weighted by atomic mass is 10.1. The highest BCUT2D eigenvalue weighted by Crippen LogP contribution is 2.35. The molecule has 1 saturated carbocycles. The number of H-pyrrole nitrogens is 1. The van der Waals surface area contributed by atoms with Gasteiger partial charge in [0.05, 0.1) is 15.8 Å². The number of anilines is 1. The Morgan fingerprint density at radius 2 is 2.10 bits per heavy atom. The topological polar surface area (TPSA) is 132 Å². The summed E-state index contributed by atoms with van der Waals surface area (Å²) in [5.41, 5.74) is 7.46. The van der Waals surface area contributed by atoms with Gasteiger partial charge in [-0.25, -0.2) is 9.97 Å². The zero-order chi connectivity index (χ0) is 22.1. The van der Waals surface area contributed by atoms with Crippen LogP contribution in [-0.4, -0.2) is 37.7 Å². The van der Waals surface area contributed by atoms with Crippen LogP contribution in [0.25, 0.3) is 21.8 Å². The van der Waals surface area contributed by atoms with Crippen molar-refractivity contribution < 1.29 is 4.79 Å². The van der Waals surface area contributed by atoms with E-state index in [9.17, 15) is 9.59 Å². The minimum atomic E-state index is -0.297. The number of carbonyl (C=O) groups is 1. The molecular weight excluding hydrogens is 418 g/mol. The van der Waals surface area contributed by atoms with Crippen molar-refractivity contribution in [3.63, 3.8) is 0 Å². The number of nitrogens with zero attached hydrogens (tertiary/aromatic N) is 4. The van der Waals surface area contributed by atoms with Crippen LogP contribution in [0.1, 0.15) is 42.0 Å². The average Bonchev–Trinajstić information content (AvgIpc) is 3.50. The SMILES string of the molecule is CCc1cc2cccc(Cl)c2c(=O)n1C1CC1.CNC(=O)c1[nH]nc2ncnc(N)c12. The number of halogens is 1. The molecule has 1 aliphatic rings. The monoisotopic (exact) mass is 439 g/mol. The second kappa shape index (κ2) is 8.35. The highest BCUT2D eigenvalue weighted by molar-refractivity contribution is 6.35. The van der Waals surface area contributed by atoms with E-state index < -0.39 is 0 Å². The first-order valence-electron chi connectivity index (χ1n) is 9.95. The zero-order valence-electron chi connectivity index (χ0n) is 17.1.